The zero-order chi connectivity index (χ0) is 12.5. The first-order valence-corrected chi connectivity index (χ1v) is 5.09. The average Bonchev–Trinajstić information content (AvgIpc) is 2.19. The minimum absolute atomic E-state index is 0.0551. The first kappa shape index (κ1) is 13.3. The number of ether oxygens (including phenoxy) is 1. The summed E-state index contributed by atoms with van der Waals surface area (Å²) in [5, 5.41) is -0.560. The lowest BCUT2D eigenvalue weighted by Crippen LogP contribution is -2.09. The molecule has 0 N–H and O–H groups in total. The molecule has 16 heavy (non-hydrogen) atoms. The number of alkyl halides is 3. The van der Waals surface area contributed by atoms with Crippen LogP contribution in [0.25, 0.3) is 0 Å². The van der Waals surface area contributed by atoms with Gasteiger partial charge >= 0.3 is 12.1 Å². The number of methoxy groups -OCH3 is 1. The number of hydrogen-bond donors (Lipinski definition) is 0. The van der Waals surface area contributed by atoms with Crippen LogP contribution < -0.4 is 0 Å². The molecule has 0 fully saturated rings. The van der Waals surface area contributed by atoms with Gasteiger partial charge in [-0.15, -0.1) is 0 Å². The molecule has 7 heteroatoms. The Balaban J connectivity index is 3.35. The smallest absolute Gasteiger partial charge is 0.417 e. The molecule has 0 saturated heterocycles. The lowest BCUT2D eigenvalue weighted by molar-refractivity contribution is -0.137. The Hall–Kier alpha value is -0.750. The van der Waals surface area contributed by atoms with Gasteiger partial charge in [0, 0.05) is 0 Å². The van der Waals surface area contributed by atoms with Crippen LogP contribution in [0.4, 0.5) is 13.2 Å². The highest BCUT2D eigenvalue weighted by atomic mass is 79.9. The number of esters is 1. The third-order valence-corrected chi connectivity index (χ3v) is 3.24. The lowest BCUT2D eigenvalue weighted by Gasteiger charge is -2.11. The number of carbonyl (C=O) groups is 1. The lowest BCUT2D eigenvalue weighted by atomic mass is 10.1. The van der Waals surface area contributed by atoms with Crippen molar-refractivity contribution in [2.45, 2.75) is 6.18 Å². The Labute approximate surface area is 102 Å². The van der Waals surface area contributed by atoms with Crippen molar-refractivity contribution < 1.29 is 22.7 Å². The Kier molecular flexibility index (Phi) is 3.85. The Morgan fingerprint density at radius 1 is 1.44 bits per heavy atom. The molecule has 0 bridgehead atoms. The quantitative estimate of drug-likeness (QED) is 0.734. The Morgan fingerprint density at radius 3 is 2.44 bits per heavy atom. The van der Waals surface area contributed by atoms with Gasteiger partial charge in [-0.25, -0.2) is 4.79 Å². The average molecular weight is 317 g/mol. The van der Waals surface area contributed by atoms with E-state index in [1.54, 1.807) is 0 Å². The summed E-state index contributed by atoms with van der Waals surface area (Å²) < 4.78 is 41.5. The van der Waals surface area contributed by atoms with Crippen LogP contribution in [-0.2, 0) is 10.9 Å². The number of rotatable bonds is 1. The van der Waals surface area contributed by atoms with E-state index in [-0.39, 0.29) is 10.0 Å². The highest BCUT2D eigenvalue weighted by Crippen LogP contribution is 2.39. The van der Waals surface area contributed by atoms with Gasteiger partial charge in [0.2, 0.25) is 0 Å². The zero-order valence-corrected chi connectivity index (χ0v) is 10.2. The van der Waals surface area contributed by atoms with E-state index in [0.29, 0.717) is 0 Å². The SMILES string of the molecule is COC(=O)c1ccc(C(F)(F)F)c(Cl)c1Br. The van der Waals surface area contributed by atoms with Crippen molar-refractivity contribution in [2.75, 3.05) is 7.11 Å². The molecule has 1 rings (SSSR count). The minimum atomic E-state index is -4.56. The Bertz CT molecular complexity index is 431. The minimum Gasteiger partial charge on any atom is -0.465 e. The van der Waals surface area contributed by atoms with E-state index >= 15 is 0 Å². The van der Waals surface area contributed by atoms with Crippen LogP contribution in [0.5, 0.6) is 0 Å². The van der Waals surface area contributed by atoms with Crippen LogP contribution in [0.2, 0.25) is 5.02 Å². The standard InChI is InChI=1S/C9H5BrClF3O2/c1-16-8(15)4-2-3-5(9(12,13)14)7(11)6(4)10/h2-3H,1H3. The molecule has 0 amide bonds. The van der Waals surface area contributed by atoms with Gasteiger partial charge in [-0.3, -0.25) is 0 Å². The number of carbonyl (C=O) groups excluding carboxylic acids is 1. The van der Waals surface area contributed by atoms with E-state index < -0.39 is 22.7 Å². The molecule has 88 valence electrons. The normalized spacial score (nSPS) is 11.4. The van der Waals surface area contributed by atoms with Gasteiger partial charge in [0.25, 0.3) is 0 Å². The fourth-order valence-electron chi connectivity index (χ4n) is 1.04. The van der Waals surface area contributed by atoms with E-state index in [0.717, 1.165) is 19.2 Å². The van der Waals surface area contributed by atoms with Crippen LogP contribution in [0, 0.1) is 0 Å². The molecule has 0 radical (unpaired) electrons. The summed E-state index contributed by atoms with van der Waals surface area (Å²) in [4.78, 5) is 11.2. The van der Waals surface area contributed by atoms with Crippen LogP contribution in [0.15, 0.2) is 16.6 Å². The molecule has 0 aliphatic rings. The van der Waals surface area contributed by atoms with E-state index in [9.17, 15) is 18.0 Å². The van der Waals surface area contributed by atoms with Gasteiger partial charge in [-0.05, 0) is 28.1 Å². The van der Waals surface area contributed by atoms with E-state index in [1.807, 2.05) is 0 Å². The second kappa shape index (κ2) is 4.63. The highest BCUT2D eigenvalue weighted by Gasteiger charge is 2.34. The largest absolute Gasteiger partial charge is 0.465 e. The summed E-state index contributed by atoms with van der Waals surface area (Å²) in [6.45, 7) is 0. The maximum atomic E-state index is 12.4. The molecule has 0 saturated carbocycles. The van der Waals surface area contributed by atoms with E-state index in [1.165, 1.54) is 0 Å². The molecule has 0 atom stereocenters. The molecule has 0 spiro atoms. The molecular formula is C9H5BrClF3O2. The van der Waals surface area contributed by atoms with Gasteiger partial charge in [-0.1, -0.05) is 11.6 Å². The second-order valence-electron chi connectivity index (χ2n) is 2.78. The molecule has 0 aliphatic heterocycles. The molecule has 0 aliphatic carbocycles. The number of benzene rings is 1. The van der Waals surface area contributed by atoms with Gasteiger partial charge in [0.05, 0.1) is 27.7 Å². The highest BCUT2D eigenvalue weighted by molar-refractivity contribution is 9.10. The fraction of sp³-hybridized carbons (Fsp3) is 0.222. The van der Waals surface area contributed by atoms with Crippen LogP contribution in [0.3, 0.4) is 0 Å². The van der Waals surface area contributed by atoms with Gasteiger partial charge in [0.1, 0.15) is 0 Å². The molecule has 0 aromatic heterocycles. The maximum Gasteiger partial charge on any atom is 0.417 e. The first-order valence-electron chi connectivity index (χ1n) is 3.92. The fourth-order valence-corrected chi connectivity index (χ4v) is 1.82. The predicted octanol–water partition coefficient (Wildman–Crippen LogP) is 3.91. The molecule has 2 nitrogen and oxygen atoms in total. The van der Waals surface area contributed by atoms with Crippen molar-refractivity contribution in [1.82, 2.24) is 0 Å². The Morgan fingerprint density at radius 2 is 2.00 bits per heavy atom. The van der Waals surface area contributed by atoms with Crippen LogP contribution in [0.1, 0.15) is 15.9 Å². The van der Waals surface area contributed by atoms with E-state index in [2.05, 4.69) is 20.7 Å². The van der Waals surface area contributed by atoms with Crippen molar-refractivity contribution in [3.8, 4) is 0 Å². The van der Waals surface area contributed by atoms with Gasteiger partial charge in [-0.2, -0.15) is 13.2 Å². The van der Waals surface area contributed by atoms with Gasteiger partial charge < -0.3 is 4.74 Å². The number of hydrogen-bond acceptors (Lipinski definition) is 2. The van der Waals surface area contributed by atoms with Crippen molar-refractivity contribution >= 4 is 33.5 Å². The molecule has 0 heterocycles. The van der Waals surface area contributed by atoms with Crippen molar-refractivity contribution in [3.63, 3.8) is 0 Å². The molecule has 0 unspecified atom stereocenters. The monoisotopic (exact) mass is 316 g/mol. The maximum absolute atomic E-state index is 12.4. The summed E-state index contributed by atoms with van der Waals surface area (Å²) >= 11 is 8.34. The summed E-state index contributed by atoms with van der Waals surface area (Å²) in [5.41, 5.74) is -1.06. The summed E-state index contributed by atoms with van der Waals surface area (Å²) in [7, 11) is 1.13. The topological polar surface area (TPSA) is 26.3 Å². The third kappa shape index (κ3) is 2.49. The first-order chi connectivity index (χ1) is 7.29. The van der Waals surface area contributed by atoms with Crippen molar-refractivity contribution in [1.29, 1.82) is 0 Å². The van der Waals surface area contributed by atoms with Gasteiger partial charge in [0.15, 0.2) is 0 Å². The zero-order valence-electron chi connectivity index (χ0n) is 7.86. The van der Waals surface area contributed by atoms with Crippen LogP contribution in [-0.4, -0.2) is 13.1 Å². The third-order valence-electron chi connectivity index (χ3n) is 1.79. The second-order valence-corrected chi connectivity index (χ2v) is 3.95. The van der Waals surface area contributed by atoms with E-state index in [4.69, 9.17) is 11.6 Å². The molecule has 1 aromatic rings. The van der Waals surface area contributed by atoms with Crippen molar-refractivity contribution in [3.05, 3.63) is 32.8 Å². The van der Waals surface area contributed by atoms with Crippen LogP contribution >= 0.6 is 27.5 Å². The van der Waals surface area contributed by atoms with Crippen molar-refractivity contribution in [2.24, 2.45) is 0 Å². The number of halogens is 5. The summed E-state index contributed by atoms with van der Waals surface area (Å²) in [5.74, 6) is -0.762. The molecule has 1 aromatic carbocycles. The predicted molar refractivity (Wildman–Crippen MR) is 55.5 cm³/mol. The molecular weight excluding hydrogens is 312 g/mol. The summed E-state index contributed by atoms with van der Waals surface area (Å²) in [6.07, 6.45) is -4.56. The summed E-state index contributed by atoms with van der Waals surface area (Å²) in [6, 6.07) is 1.74.